The maximum Gasteiger partial charge on any atom is 0.418 e. The summed E-state index contributed by atoms with van der Waals surface area (Å²) in [6, 6.07) is 2.64. The molecule has 1 atom stereocenters. The molecule has 0 aliphatic heterocycles. The van der Waals surface area contributed by atoms with Crippen LogP contribution in [0.15, 0.2) is 42.6 Å². The number of rotatable bonds is 7. The summed E-state index contributed by atoms with van der Waals surface area (Å²) in [6.07, 6.45) is -8.57. The average Bonchev–Trinajstić information content (AvgIpc) is 2.71. The molecule has 32 heavy (non-hydrogen) atoms. The first-order valence-corrected chi connectivity index (χ1v) is 9.32. The van der Waals surface area contributed by atoms with Gasteiger partial charge in [0.1, 0.15) is 0 Å². The minimum atomic E-state index is -4.82. The van der Waals surface area contributed by atoms with Crippen LogP contribution in [0.4, 0.5) is 31.1 Å². The van der Waals surface area contributed by atoms with E-state index < -0.39 is 47.2 Å². The second-order valence-corrected chi connectivity index (χ2v) is 6.44. The van der Waals surface area contributed by atoms with Gasteiger partial charge in [-0.25, -0.2) is 4.79 Å². The standard InChI is InChI=1S/C20H19F6N3O3/c1-2-32-15(30)9-11-28-18(31)29-16(12-5-7-13(8-6-12)19(21,22)23)17-14(20(24,25)26)4-3-10-27-17/h3-8,10,16H,2,9,11H2,1H3,(H2,28,29,31). The molecular formula is C20H19F6N3O3. The van der Waals surface area contributed by atoms with E-state index in [1.165, 1.54) is 0 Å². The first kappa shape index (κ1) is 25.0. The number of hydrogen-bond acceptors (Lipinski definition) is 4. The lowest BCUT2D eigenvalue weighted by atomic mass is 9.98. The molecule has 1 heterocycles. The van der Waals surface area contributed by atoms with E-state index in [0.29, 0.717) is 12.1 Å². The zero-order chi connectivity index (χ0) is 23.9. The maximum absolute atomic E-state index is 13.5. The van der Waals surface area contributed by atoms with Gasteiger partial charge < -0.3 is 15.4 Å². The number of carbonyl (C=O) groups excluding carboxylic acids is 2. The summed E-state index contributed by atoms with van der Waals surface area (Å²) >= 11 is 0. The van der Waals surface area contributed by atoms with E-state index in [9.17, 15) is 35.9 Å². The summed E-state index contributed by atoms with van der Waals surface area (Å²) in [5.74, 6) is -0.587. The SMILES string of the molecule is CCOC(=O)CCNC(=O)NC(c1ccc(C(F)(F)F)cc1)c1ncccc1C(F)(F)F. The van der Waals surface area contributed by atoms with Crippen molar-refractivity contribution in [3.05, 3.63) is 65.0 Å². The molecule has 2 rings (SSSR count). The predicted octanol–water partition coefficient (Wildman–Crippen LogP) is 4.46. The number of halogens is 6. The first-order chi connectivity index (χ1) is 14.9. The van der Waals surface area contributed by atoms with Crippen LogP contribution in [0.2, 0.25) is 0 Å². The van der Waals surface area contributed by atoms with E-state index >= 15 is 0 Å². The Hall–Kier alpha value is -3.31. The lowest BCUT2D eigenvalue weighted by Crippen LogP contribution is -2.40. The van der Waals surface area contributed by atoms with Crippen LogP contribution in [0.5, 0.6) is 0 Å². The van der Waals surface area contributed by atoms with Crippen molar-refractivity contribution in [1.82, 2.24) is 15.6 Å². The van der Waals surface area contributed by atoms with E-state index in [1.807, 2.05) is 0 Å². The molecule has 0 spiro atoms. The van der Waals surface area contributed by atoms with Crippen molar-refractivity contribution in [3.8, 4) is 0 Å². The number of alkyl halides is 6. The number of amides is 2. The molecule has 0 radical (unpaired) electrons. The summed E-state index contributed by atoms with van der Waals surface area (Å²) < 4.78 is 83.7. The molecule has 1 unspecified atom stereocenters. The van der Waals surface area contributed by atoms with Gasteiger partial charge in [-0.05, 0) is 36.8 Å². The highest BCUT2D eigenvalue weighted by molar-refractivity contribution is 5.76. The number of nitrogens with zero attached hydrogens (tertiary/aromatic N) is 1. The molecule has 12 heteroatoms. The van der Waals surface area contributed by atoms with E-state index in [1.54, 1.807) is 6.92 Å². The molecule has 0 aliphatic rings. The van der Waals surface area contributed by atoms with Crippen LogP contribution < -0.4 is 10.6 Å². The van der Waals surface area contributed by atoms with Crippen LogP contribution in [0.25, 0.3) is 0 Å². The third-order valence-corrected chi connectivity index (χ3v) is 4.18. The Balaban J connectivity index is 2.33. The van der Waals surface area contributed by atoms with Crippen molar-refractivity contribution in [3.63, 3.8) is 0 Å². The summed E-state index contributed by atoms with van der Waals surface area (Å²) in [7, 11) is 0. The van der Waals surface area contributed by atoms with Crippen molar-refractivity contribution in [2.45, 2.75) is 31.7 Å². The van der Waals surface area contributed by atoms with Crippen molar-refractivity contribution in [1.29, 1.82) is 0 Å². The molecular weight excluding hydrogens is 444 g/mol. The second kappa shape index (κ2) is 10.3. The van der Waals surface area contributed by atoms with Crippen molar-refractivity contribution in [2.75, 3.05) is 13.2 Å². The number of aromatic nitrogens is 1. The van der Waals surface area contributed by atoms with Crippen LogP contribution >= 0.6 is 0 Å². The number of carbonyl (C=O) groups is 2. The number of benzene rings is 1. The topological polar surface area (TPSA) is 80.3 Å². The molecule has 2 N–H and O–H groups in total. The normalized spacial score (nSPS) is 12.7. The number of esters is 1. The smallest absolute Gasteiger partial charge is 0.418 e. The lowest BCUT2D eigenvalue weighted by molar-refractivity contribution is -0.143. The molecule has 6 nitrogen and oxygen atoms in total. The van der Waals surface area contributed by atoms with Crippen LogP contribution in [0, 0.1) is 0 Å². The Morgan fingerprint density at radius 1 is 1.03 bits per heavy atom. The van der Waals surface area contributed by atoms with E-state index in [0.717, 1.165) is 30.5 Å². The highest BCUT2D eigenvalue weighted by atomic mass is 19.4. The first-order valence-electron chi connectivity index (χ1n) is 9.32. The largest absolute Gasteiger partial charge is 0.466 e. The van der Waals surface area contributed by atoms with Gasteiger partial charge in [-0.1, -0.05) is 12.1 Å². The van der Waals surface area contributed by atoms with E-state index in [-0.39, 0.29) is 25.1 Å². The van der Waals surface area contributed by atoms with Crippen LogP contribution in [0.3, 0.4) is 0 Å². The van der Waals surface area contributed by atoms with Crippen LogP contribution in [-0.4, -0.2) is 30.1 Å². The van der Waals surface area contributed by atoms with Crippen LogP contribution in [-0.2, 0) is 21.9 Å². The molecule has 1 aromatic heterocycles. The zero-order valence-electron chi connectivity index (χ0n) is 16.7. The fourth-order valence-corrected chi connectivity index (χ4v) is 2.75. The summed E-state index contributed by atoms with van der Waals surface area (Å²) in [4.78, 5) is 27.3. The van der Waals surface area contributed by atoms with Gasteiger partial charge in [0.05, 0.1) is 35.9 Å². The van der Waals surface area contributed by atoms with E-state index in [2.05, 4.69) is 15.6 Å². The average molecular weight is 463 g/mol. The minimum Gasteiger partial charge on any atom is -0.466 e. The third kappa shape index (κ3) is 6.86. The second-order valence-electron chi connectivity index (χ2n) is 6.44. The molecule has 1 aromatic carbocycles. The molecule has 0 aliphatic carbocycles. The van der Waals surface area contributed by atoms with Gasteiger partial charge in [-0.2, -0.15) is 26.3 Å². The Morgan fingerprint density at radius 3 is 2.25 bits per heavy atom. The Kier molecular flexibility index (Phi) is 8.06. The van der Waals surface area contributed by atoms with Gasteiger partial charge in [-0.3, -0.25) is 9.78 Å². The molecule has 174 valence electrons. The minimum absolute atomic E-state index is 0.0530. The van der Waals surface area contributed by atoms with Gasteiger partial charge >= 0.3 is 24.4 Å². The molecule has 0 bridgehead atoms. The van der Waals surface area contributed by atoms with Crippen molar-refractivity contribution >= 4 is 12.0 Å². The highest BCUT2D eigenvalue weighted by Crippen LogP contribution is 2.36. The summed E-state index contributed by atoms with van der Waals surface area (Å²) in [5, 5.41) is 4.58. The van der Waals surface area contributed by atoms with Gasteiger partial charge in [0.25, 0.3) is 0 Å². The van der Waals surface area contributed by atoms with Crippen molar-refractivity contribution in [2.24, 2.45) is 0 Å². The van der Waals surface area contributed by atoms with E-state index in [4.69, 9.17) is 4.74 Å². The number of urea groups is 1. The Bertz CT molecular complexity index is 929. The fourth-order valence-electron chi connectivity index (χ4n) is 2.75. The third-order valence-electron chi connectivity index (χ3n) is 4.18. The Morgan fingerprint density at radius 2 is 1.69 bits per heavy atom. The molecule has 0 saturated carbocycles. The Labute approximate surface area is 179 Å². The number of nitrogens with one attached hydrogen (secondary N) is 2. The molecule has 2 aromatic rings. The monoisotopic (exact) mass is 463 g/mol. The number of hydrogen-bond donors (Lipinski definition) is 2. The van der Waals surface area contributed by atoms with Gasteiger partial charge in [0.2, 0.25) is 0 Å². The maximum atomic E-state index is 13.5. The fraction of sp³-hybridized carbons (Fsp3) is 0.350. The van der Waals surface area contributed by atoms with Gasteiger partial charge in [-0.15, -0.1) is 0 Å². The zero-order valence-corrected chi connectivity index (χ0v) is 16.7. The lowest BCUT2D eigenvalue weighted by Gasteiger charge is -2.23. The van der Waals surface area contributed by atoms with Gasteiger partial charge in [0.15, 0.2) is 0 Å². The summed E-state index contributed by atoms with van der Waals surface area (Å²) in [6.45, 7) is 1.57. The number of pyridine rings is 1. The van der Waals surface area contributed by atoms with Crippen LogP contribution in [0.1, 0.15) is 41.8 Å². The number of ether oxygens (including phenoxy) is 1. The van der Waals surface area contributed by atoms with Gasteiger partial charge in [0, 0.05) is 12.7 Å². The molecule has 0 fully saturated rings. The highest BCUT2D eigenvalue weighted by Gasteiger charge is 2.37. The molecule has 2 amide bonds. The quantitative estimate of drug-likeness (QED) is 0.470. The molecule has 0 saturated heterocycles. The predicted molar refractivity (Wildman–Crippen MR) is 100 cm³/mol. The van der Waals surface area contributed by atoms with Crippen molar-refractivity contribution < 1.29 is 40.7 Å². The summed E-state index contributed by atoms with van der Waals surface area (Å²) in [5.41, 5.74) is -2.81.